The monoisotopic (exact) mass is 424 g/mol. The summed E-state index contributed by atoms with van der Waals surface area (Å²) in [5.74, 6) is 0.280. The van der Waals surface area contributed by atoms with E-state index in [-0.39, 0.29) is 17.8 Å². The van der Waals surface area contributed by atoms with Gasteiger partial charge in [-0.15, -0.1) is 0 Å². The maximum absolute atomic E-state index is 11.5. The van der Waals surface area contributed by atoms with Crippen LogP contribution in [-0.4, -0.2) is 74.6 Å². The number of phenols is 1. The summed E-state index contributed by atoms with van der Waals surface area (Å²) in [4.78, 5) is 11.5. The molecule has 0 aliphatic carbocycles. The number of aromatic hydroxyl groups is 1. The minimum absolute atomic E-state index is 0.0580. The van der Waals surface area contributed by atoms with Gasteiger partial charge in [-0.3, -0.25) is 0 Å². The SMILES string of the molecule is CC(C)(O[C@H]1O[C@H](CO)[C@@H](O)[C@H](O)[C@H]1O)[C@@H]1Cc2c(cc3oc(=O)ccc3c2O)O1. The summed E-state index contributed by atoms with van der Waals surface area (Å²) in [6.45, 7) is 2.80. The highest BCUT2D eigenvalue weighted by molar-refractivity contribution is 5.87. The quantitative estimate of drug-likeness (QED) is 0.401. The van der Waals surface area contributed by atoms with Gasteiger partial charge in [0.1, 0.15) is 53.2 Å². The van der Waals surface area contributed by atoms with E-state index in [1.807, 2.05) is 0 Å². The third-order valence-corrected chi connectivity index (χ3v) is 5.67. The fourth-order valence-electron chi connectivity index (χ4n) is 3.83. The number of hydrogen-bond acceptors (Lipinski definition) is 10. The molecule has 0 saturated carbocycles. The number of ether oxygens (including phenoxy) is 3. The van der Waals surface area contributed by atoms with Crippen molar-refractivity contribution in [2.45, 2.75) is 62.7 Å². The average Bonchev–Trinajstić information content (AvgIpc) is 3.13. The predicted octanol–water partition coefficient (Wildman–Crippen LogP) is -0.603. The zero-order valence-corrected chi connectivity index (χ0v) is 16.4. The van der Waals surface area contributed by atoms with Crippen LogP contribution in [0.3, 0.4) is 0 Å². The molecular weight excluding hydrogens is 400 g/mol. The lowest BCUT2D eigenvalue weighted by molar-refractivity contribution is -0.329. The minimum Gasteiger partial charge on any atom is -0.507 e. The summed E-state index contributed by atoms with van der Waals surface area (Å²) < 4.78 is 22.3. The van der Waals surface area contributed by atoms with E-state index in [0.29, 0.717) is 16.7 Å². The van der Waals surface area contributed by atoms with Gasteiger partial charge in [-0.2, -0.15) is 0 Å². The Labute approximate surface area is 170 Å². The smallest absolute Gasteiger partial charge is 0.336 e. The molecule has 10 heteroatoms. The largest absolute Gasteiger partial charge is 0.507 e. The van der Waals surface area contributed by atoms with E-state index >= 15 is 0 Å². The molecule has 164 valence electrons. The Bertz CT molecular complexity index is 997. The minimum atomic E-state index is -1.56. The first-order valence-corrected chi connectivity index (χ1v) is 9.56. The van der Waals surface area contributed by atoms with Crippen LogP contribution in [0.2, 0.25) is 0 Å². The topological polar surface area (TPSA) is 159 Å². The molecule has 2 aromatic rings. The molecule has 30 heavy (non-hydrogen) atoms. The van der Waals surface area contributed by atoms with E-state index in [1.54, 1.807) is 13.8 Å². The number of rotatable bonds is 4. The predicted molar refractivity (Wildman–Crippen MR) is 101 cm³/mol. The van der Waals surface area contributed by atoms with Gasteiger partial charge < -0.3 is 44.2 Å². The first-order chi connectivity index (χ1) is 14.1. The zero-order valence-electron chi connectivity index (χ0n) is 16.4. The Kier molecular flexibility index (Phi) is 5.25. The van der Waals surface area contributed by atoms with Gasteiger partial charge >= 0.3 is 5.63 Å². The van der Waals surface area contributed by atoms with Crippen LogP contribution in [0.5, 0.6) is 11.5 Å². The van der Waals surface area contributed by atoms with Gasteiger partial charge in [0, 0.05) is 24.1 Å². The van der Waals surface area contributed by atoms with E-state index in [0.717, 1.165) is 0 Å². The second kappa shape index (κ2) is 7.49. The van der Waals surface area contributed by atoms with Crippen LogP contribution in [0.1, 0.15) is 19.4 Å². The summed E-state index contributed by atoms with van der Waals surface area (Å²) in [6.07, 6.45) is -7.36. The van der Waals surface area contributed by atoms with Gasteiger partial charge in [-0.1, -0.05) is 0 Å². The van der Waals surface area contributed by atoms with E-state index in [1.165, 1.54) is 18.2 Å². The summed E-state index contributed by atoms with van der Waals surface area (Å²) >= 11 is 0. The van der Waals surface area contributed by atoms with Crippen LogP contribution in [0.15, 0.2) is 27.4 Å². The lowest BCUT2D eigenvalue weighted by Gasteiger charge is -2.43. The molecule has 0 amide bonds. The van der Waals surface area contributed by atoms with Crippen LogP contribution in [0.4, 0.5) is 0 Å². The third kappa shape index (κ3) is 3.45. The molecule has 0 radical (unpaired) electrons. The lowest BCUT2D eigenvalue weighted by atomic mass is 9.94. The molecule has 0 unspecified atom stereocenters. The molecule has 10 nitrogen and oxygen atoms in total. The van der Waals surface area contributed by atoms with Crippen molar-refractivity contribution in [3.63, 3.8) is 0 Å². The molecule has 1 aromatic heterocycles. The molecule has 6 atom stereocenters. The second-order valence-electron chi connectivity index (χ2n) is 8.10. The Morgan fingerprint density at radius 2 is 1.90 bits per heavy atom. The summed E-state index contributed by atoms with van der Waals surface area (Å²) in [6, 6.07) is 4.21. The van der Waals surface area contributed by atoms with Crippen molar-refractivity contribution >= 4 is 11.0 Å². The fourth-order valence-corrected chi connectivity index (χ4v) is 3.83. The first-order valence-electron chi connectivity index (χ1n) is 9.56. The van der Waals surface area contributed by atoms with Crippen LogP contribution in [-0.2, 0) is 15.9 Å². The zero-order chi connectivity index (χ0) is 21.8. The molecule has 0 bridgehead atoms. The third-order valence-electron chi connectivity index (χ3n) is 5.67. The summed E-state index contributed by atoms with van der Waals surface area (Å²) in [7, 11) is 0. The number of phenolic OH excluding ortho intramolecular Hbond substituents is 1. The van der Waals surface area contributed by atoms with Gasteiger partial charge in [-0.25, -0.2) is 4.79 Å². The van der Waals surface area contributed by atoms with Gasteiger partial charge in [-0.05, 0) is 19.9 Å². The van der Waals surface area contributed by atoms with Crippen molar-refractivity contribution in [3.8, 4) is 11.5 Å². The molecule has 1 saturated heterocycles. The highest BCUT2D eigenvalue weighted by Crippen LogP contribution is 2.44. The van der Waals surface area contributed by atoms with E-state index in [2.05, 4.69) is 0 Å². The average molecular weight is 424 g/mol. The van der Waals surface area contributed by atoms with Crippen LogP contribution in [0, 0.1) is 0 Å². The standard InChI is InChI=1S/C20H24O10/c1-20(2,30-19-18(26)17(25)16(24)12(7-21)29-19)13-5-9-11(27-13)6-10-8(15(9)23)3-4-14(22)28-10/h3-4,6,12-13,16-19,21,23-26H,5,7H2,1-2H3/t12-,13+,16-,17+,18-,19-/m1/s1. The fraction of sp³-hybridized carbons (Fsp3) is 0.550. The van der Waals surface area contributed by atoms with Gasteiger partial charge in [0.2, 0.25) is 0 Å². The molecular formula is C20H24O10. The number of aliphatic hydroxyl groups excluding tert-OH is 4. The highest BCUT2D eigenvalue weighted by atomic mass is 16.7. The molecule has 3 heterocycles. The maximum atomic E-state index is 11.5. The Balaban J connectivity index is 1.57. The Hall–Kier alpha value is -2.21. The van der Waals surface area contributed by atoms with Crippen LogP contribution < -0.4 is 10.4 Å². The van der Waals surface area contributed by atoms with Crippen LogP contribution >= 0.6 is 0 Å². The number of aliphatic hydroxyl groups is 4. The second-order valence-corrected chi connectivity index (χ2v) is 8.10. The van der Waals surface area contributed by atoms with Crippen molar-refractivity contribution in [3.05, 3.63) is 34.2 Å². The summed E-state index contributed by atoms with van der Waals surface area (Å²) in [5.41, 5.74) is -0.923. The number of fused-ring (bicyclic) bond motifs is 2. The lowest BCUT2D eigenvalue weighted by Crippen LogP contribution is -2.61. The molecule has 2 aliphatic heterocycles. The van der Waals surface area contributed by atoms with Crippen molar-refractivity contribution in [2.75, 3.05) is 6.61 Å². The van der Waals surface area contributed by atoms with E-state index in [9.17, 15) is 30.3 Å². The van der Waals surface area contributed by atoms with E-state index < -0.39 is 54.6 Å². The van der Waals surface area contributed by atoms with Crippen molar-refractivity contribution in [1.82, 2.24) is 0 Å². The highest BCUT2D eigenvalue weighted by Gasteiger charge is 2.48. The Morgan fingerprint density at radius 3 is 2.60 bits per heavy atom. The van der Waals surface area contributed by atoms with Gasteiger partial charge in [0.05, 0.1) is 12.0 Å². The molecule has 2 aliphatic rings. The van der Waals surface area contributed by atoms with Gasteiger partial charge in [0.15, 0.2) is 6.29 Å². The Morgan fingerprint density at radius 1 is 1.17 bits per heavy atom. The molecule has 1 fully saturated rings. The molecule has 0 spiro atoms. The molecule has 4 rings (SSSR count). The van der Waals surface area contributed by atoms with Gasteiger partial charge in [0.25, 0.3) is 0 Å². The molecule has 5 N–H and O–H groups in total. The van der Waals surface area contributed by atoms with E-state index in [4.69, 9.17) is 18.6 Å². The normalized spacial score (nSPS) is 31.5. The van der Waals surface area contributed by atoms with Crippen LogP contribution in [0.25, 0.3) is 11.0 Å². The number of benzene rings is 1. The van der Waals surface area contributed by atoms with Crippen molar-refractivity contribution in [1.29, 1.82) is 0 Å². The van der Waals surface area contributed by atoms with Crippen molar-refractivity contribution < 1.29 is 44.2 Å². The maximum Gasteiger partial charge on any atom is 0.336 e. The van der Waals surface area contributed by atoms with Crippen molar-refractivity contribution in [2.24, 2.45) is 0 Å². The number of hydrogen-bond donors (Lipinski definition) is 5. The molecule has 1 aromatic carbocycles. The summed E-state index contributed by atoms with van der Waals surface area (Å²) in [5, 5.41) is 50.4. The first kappa shape index (κ1) is 21.0.